The van der Waals surface area contributed by atoms with Crippen LogP contribution in [-0.2, 0) is 4.74 Å². The maximum atomic E-state index is 11.6. The highest BCUT2D eigenvalue weighted by atomic mass is 35.5. The van der Waals surface area contributed by atoms with Crippen LogP contribution in [-0.4, -0.2) is 26.0 Å². The fraction of sp³-hybridized carbons (Fsp3) is 0.467. The number of esters is 1. The topological polar surface area (TPSA) is 71.4 Å². The van der Waals surface area contributed by atoms with Gasteiger partial charge in [0.25, 0.3) is 0 Å². The van der Waals surface area contributed by atoms with E-state index in [9.17, 15) is 4.79 Å². The summed E-state index contributed by atoms with van der Waals surface area (Å²) in [5.41, 5.74) is 1.07. The molecule has 0 saturated heterocycles. The van der Waals surface area contributed by atoms with E-state index >= 15 is 0 Å². The van der Waals surface area contributed by atoms with E-state index in [4.69, 9.17) is 14.9 Å². The molecular weight excluding hydrogens is 292 g/mol. The van der Waals surface area contributed by atoms with Gasteiger partial charge in [0.1, 0.15) is 11.6 Å². The van der Waals surface area contributed by atoms with Crippen molar-refractivity contribution in [1.29, 1.82) is 5.41 Å². The van der Waals surface area contributed by atoms with Crippen molar-refractivity contribution in [1.82, 2.24) is 0 Å². The Morgan fingerprint density at radius 3 is 2.52 bits per heavy atom. The molecule has 2 N–H and O–H groups in total. The zero-order valence-electron chi connectivity index (χ0n) is 12.3. The predicted molar refractivity (Wildman–Crippen MR) is 84.9 cm³/mol. The van der Waals surface area contributed by atoms with Gasteiger partial charge in [0, 0.05) is 5.92 Å². The van der Waals surface area contributed by atoms with Crippen molar-refractivity contribution in [2.45, 2.75) is 25.7 Å². The summed E-state index contributed by atoms with van der Waals surface area (Å²) in [5.74, 6) is 0.979. The largest absolute Gasteiger partial charge is 0.495 e. The molecule has 0 atom stereocenters. The molecule has 0 spiro atoms. The fourth-order valence-corrected chi connectivity index (χ4v) is 2.51. The van der Waals surface area contributed by atoms with E-state index in [1.165, 1.54) is 20.0 Å². The summed E-state index contributed by atoms with van der Waals surface area (Å²) in [6.45, 7) is 0. The molecule has 1 fully saturated rings. The average Bonchev–Trinajstić information content (AvgIpc) is 3.00. The van der Waals surface area contributed by atoms with E-state index in [2.05, 4.69) is 5.32 Å². The van der Waals surface area contributed by atoms with Gasteiger partial charge in [-0.05, 0) is 31.0 Å². The number of anilines is 1. The van der Waals surface area contributed by atoms with Gasteiger partial charge in [-0.3, -0.25) is 5.41 Å². The molecule has 5 nitrogen and oxygen atoms in total. The zero-order valence-corrected chi connectivity index (χ0v) is 13.1. The SMILES string of the molecule is COC(=O)c1ccc(OC)c(NC(=N)C2CCCC2)c1.Cl. The van der Waals surface area contributed by atoms with Crippen LogP contribution in [0.4, 0.5) is 5.69 Å². The first-order valence-electron chi connectivity index (χ1n) is 6.77. The van der Waals surface area contributed by atoms with Gasteiger partial charge in [-0.1, -0.05) is 12.8 Å². The van der Waals surface area contributed by atoms with E-state index in [0.29, 0.717) is 22.8 Å². The van der Waals surface area contributed by atoms with Crippen molar-refractivity contribution in [2.24, 2.45) is 5.92 Å². The quantitative estimate of drug-likeness (QED) is 0.507. The van der Waals surface area contributed by atoms with Crippen LogP contribution in [0.2, 0.25) is 0 Å². The maximum absolute atomic E-state index is 11.6. The number of rotatable bonds is 4. The normalized spacial score (nSPS) is 14.2. The van der Waals surface area contributed by atoms with Gasteiger partial charge in [-0.2, -0.15) is 0 Å². The van der Waals surface area contributed by atoms with Gasteiger partial charge in [0.15, 0.2) is 0 Å². The lowest BCUT2D eigenvalue weighted by Crippen LogP contribution is -2.20. The first-order valence-corrected chi connectivity index (χ1v) is 6.77. The molecule has 0 unspecified atom stereocenters. The lowest BCUT2D eigenvalue weighted by atomic mass is 10.1. The van der Waals surface area contributed by atoms with Gasteiger partial charge in [0.2, 0.25) is 0 Å². The highest BCUT2D eigenvalue weighted by Gasteiger charge is 2.21. The number of hydrogen-bond donors (Lipinski definition) is 2. The van der Waals surface area contributed by atoms with Crippen LogP contribution < -0.4 is 10.1 Å². The monoisotopic (exact) mass is 312 g/mol. The number of benzene rings is 1. The average molecular weight is 313 g/mol. The number of amidine groups is 1. The van der Waals surface area contributed by atoms with Crippen molar-refractivity contribution in [3.63, 3.8) is 0 Å². The summed E-state index contributed by atoms with van der Waals surface area (Å²) in [6.07, 6.45) is 4.44. The molecule has 6 heteroatoms. The van der Waals surface area contributed by atoms with Crippen LogP contribution in [0, 0.1) is 11.3 Å². The van der Waals surface area contributed by atoms with E-state index in [-0.39, 0.29) is 18.3 Å². The Bertz CT molecular complexity index is 514. The minimum atomic E-state index is -0.400. The van der Waals surface area contributed by atoms with Crippen LogP contribution in [0.3, 0.4) is 0 Å². The number of nitrogens with one attached hydrogen (secondary N) is 2. The molecule has 0 amide bonds. The number of methoxy groups -OCH3 is 2. The van der Waals surface area contributed by atoms with E-state index in [0.717, 1.165) is 12.8 Å². The molecule has 116 valence electrons. The third-order valence-corrected chi connectivity index (χ3v) is 3.65. The molecule has 1 aromatic carbocycles. The van der Waals surface area contributed by atoms with E-state index < -0.39 is 5.97 Å². The number of ether oxygens (including phenoxy) is 2. The van der Waals surface area contributed by atoms with Gasteiger partial charge in [-0.25, -0.2) is 4.79 Å². The summed E-state index contributed by atoms with van der Waals surface area (Å²) < 4.78 is 9.97. The van der Waals surface area contributed by atoms with Gasteiger partial charge in [0.05, 0.1) is 25.5 Å². The molecule has 1 aliphatic carbocycles. The van der Waals surface area contributed by atoms with Crippen molar-refractivity contribution >= 4 is 29.9 Å². The van der Waals surface area contributed by atoms with Crippen molar-refractivity contribution in [3.8, 4) is 5.75 Å². The molecule has 1 aromatic rings. The van der Waals surface area contributed by atoms with Gasteiger partial charge >= 0.3 is 5.97 Å². The summed E-state index contributed by atoms with van der Waals surface area (Å²) in [4.78, 5) is 11.6. The second kappa shape index (κ2) is 7.88. The van der Waals surface area contributed by atoms with Gasteiger partial charge < -0.3 is 14.8 Å². The van der Waals surface area contributed by atoms with Crippen molar-refractivity contribution in [3.05, 3.63) is 23.8 Å². The molecule has 0 aromatic heterocycles. The predicted octanol–water partition coefficient (Wildman–Crippen LogP) is 3.48. The van der Waals surface area contributed by atoms with Crippen LogP contribution >= 0.6 is 12.4 Å². The molecular formula is C15H21ClN2O3. The Hall–Kier alpha value is -1.75. The Morgan fingerprint density at radius 1 is 1.29 bits per heavy atom. The molecule has 1 aliphatic rings. The molecule has 0 radical (unpaired) electrons. The molecule has 0 bridgehead atoms. The third kappa shape index (κ3) is 4.11. The standard InChI is InChI=1S/C15H20N2O3.ClH/c1-19-13-8-7-11(15(18)20-2)9-12(13)17-14(16)10-5-3-4-6-10;/h7-10H,3-6H2,1-2H3,(H2,16,17);1H. The zero-order chi connectivity index (χ0) is 14.5. The molecule has 1 saturated carbocycles. The minimum absolute atomic E-state index is 0. The van der Waals surface area contributed by atoms with Crippen LogP contribution in [0.15, 0.2) is 18.2 Å². The Balaban J connectivity index is 0.00000220. The number of hydrogen-bond acceptors (Lipinski definition) is 4. The van der Waals surface area contributed by atoms with Crippen molar-refractivity contribution in [2.75, 3.05) is 19.5 Å². The summed E-state index contributed by atoms with van der Waals surface area (Å²) in [6, 6.07) is 5.01. The molecule has 0 heterocycles. The second-order valence-corrected chi connectivity index (χ2v) is 4.93. The van der Waals surface area contributed by atoms with Crippen LogP contribution in [0.5, 0.6) is 5.75 Å². The fourth-order valence-electron chi connectivity index (χ4n) is 2.51. The van der Waals surface area contributed by atoms with E-state index in [1.807, 2.05) is 0 Å². The Morgan fingerprint density at radius 2 is 1.95 bits per heavy atom. The Labute approximate surface area is 130 Å². The highest BCUT2D eigenvalue weighted by Crippen LogP contribution is 2.30. The summed E-state index contributed by atoms with van der Waals surface area (Å²) in [7, 11) is 2.91. The Kier molecular flexibility index (Phi) is 6.49. The summed E-state index contributed by atoms with van der Waals surface area (Å²) >= 11 is 0. The number of carbonyl (C=O) groups is 1. The number of halogens is 1. The van der Waals surface area contributed by atoms with E-state index in [1.54, 1.807) is 25.3 Å². The molecule has 2 rings (SSSR count). The first-order chi connectivity index (χ1) is 9.65. The lowest BCUT2D eigenvalue weighted by Gasteiger charge is -2.16. The van der Waals surface area contributed by atoms with Crippen molar-refractivity contribution < 1.29 is 14.3 Å². The molecule has 0 aliphatic heterocycles. The molecule has 21 heavy (non-hydrogen) atoms. The minimum Gasteiger partial charge on any atom is -0.495 e. The second-order valence-electron chi connectivity index (χ2n) is 4.93. The first kappa shape index (κ1) is 17.3. The smallest absolute Gasteiger partial charge is 0.337 e. The summed E-state index contributed by atoms with van der Waals surface area (Å²) in [5, 5.41) is 11.2. The highest BCUT2D eigenvalue weighted by molar-refractivity contribution is 5.98. The lowest BCUT2D eigenvalue weighted by molar-refractivity contribution is 0.0601. The third-order valence-electron chi connectivity index (χ3n) is 3.65. The van der Waals surface area contributed by atoms with Gasteiger partial charge in [-0.15, -0.1) is 12.4 Å². The van der Waals surface area contributed by atoms with Crippen LogP contribution in [0.25, 0.3) is 0 Å². The maximum Gasteiger partial charge on any atom is 0.337 e. The number of carbonyl (C=O) groups excluding carboxylic acids is 1. The van der Waals surface area contributed by atoms with Crippen LogP contribution in [0.1, 0.15) is 36.0 Å².